The van der Waals surface area contributed by atoms with Crippen LogP contribution in [0.25, 0.3) is 11.0 Å². The maximum Gasteiger partial charge on any atom is 0.287 e. The van der Waals surface area contributed by atoms with Gasteiger partial charge in [-0.05, 0) is 12.1 Å². The first-order valence-electron chi connectivity index (χ1n) is 5.94. The van der Waals surface area contributed by atoms with Gasteiger partial charge in [0.05, 0.1) is 16.0 Å². The van der Waals surface area contributed by atoms with E-state index in [4.69, 9.17) is 0 Å². The summed E-state index contributed by atoms with van der Waals surface area (Å²) in [6.45, 7) is 0.559. The molecule has 1 amide bonds. The zero-order valence-electron chi connectivity index (χ0n) is 10.1. The second kappa shape index (κ2) is 5.19. The first-order chi connectivity index (χ1) is 9.33. The molecule has 0 spiro atoms. The smallest absolute Gasteiger partial charge is 0.287 e. The molecule has 0 atom stereocenters. The third kappa shape index (κ3) is 2.63. The molecule has 0 aliphatic rings. The van der Waals surface area contributed by atoms with Crippen LogP contribution in [-0.2, 0) is 6.42 Å². The maximum atomic E-state index is 11.9. The molecule has 1 aromatic carbocycles. The van der Waals surface area contributed by atoms with Crippen molar-refractivity contribution in [2.75, 3.05) is 6.54 Å². The van der Waals surface area contributed by atoms with E-state index < -0.39 is 0 Å². The second-order valence-electron chi connectivity index (χ2n) is 4.03. The number of nitrogens with one attached hydrogen (secondary N) is 2. The zero-order valence-corrected chi connectivity index (χ0v) is 10.9. The molecule has 5 nitrogen and oxygen atoms in total. The number of fused-ring (bicyclic) bond motifs is 1. The molecular formula is C13H12N4OS. The molecule has 0 fully saturated rings. The van der Waals surface area contributed by atoms with E-state index in [1.165, 1.54) is 0 Å². The molecule has 0 saturated carbocycles. The Morgan fingerprint density at radius 2 is 2.26 bits per heavy atom. The Kier molecular flexibility index (Phi) is 3.24. The van der Waals surface area contributed by atoms with Crippen LogP contribution in [0, 0.1) is 0 Å². The van der Waals surface area contributed by atoms with Crippen molar-refractivity contribution in [2.24, 2.45) is 0 Å². The molecule has 0 aliphatic heterocycles. The Morgan fingerprint density at radius 3 is 3.05 bits per heavy atom. The first-order valence-corrected chi connectivity index (χ1v) is 6.82. The quantitative estimate of drug-likeness (QED) is 0.763. The van der Waals surface area contributed by atoms with Crippen molar-refractivity contribution in [3.63, 3.8) is 0 Å². The number of para-hydroxylation sites is 2. The molecule has 0 aliphatic carbocycles. The molecule has 0 saturated heterocycles. The fourth-order valence-corrected chi connectivity index (χ4v) is 2.42. The topological polar surface area (TPSA) is 70.7 Å². The molecular weight excluding hydrogens is 260 g/mol. The Balaban J connectivity index is 1.63. The number of carbonyl (C=O) groups is 1. The van der Waals surface area contributed by atoms with Crippen molar-refractivity contribution < 1.29 is 4.79 Å². The van der Waals surface area contributed by atoms with E-state index in [2.05, 4.69) is 20.3 Å². The van der Waals surface area contributed by atoms with Gasteiger partial charge in [0.25, 0.3) is 5.91 Å². The average Bonchev–Trinajstić information content (AvgIpc) is 3.07. The summed E-state index contributed by atoms with van der Waals surface area (Å²) in [5.41, 5.74) is 1.67. The van der Waals surface area contributed by atoms with Gasteiger partial charge in [0.2, 0.25) is 0 Å². The highest BCUT2D eigenvalue weighted by atomic mass is 32.1. The van der Waals surface area contributed by atoms with Gasteiger partial charge in [0.1, 0.15) is 0 Å². The lowest BCUT2D eigenvalue weighted by molar-refractivity contribution is 0.0945. The van der Waals surface area contributed by atoms with Crippen LogP contribution >= 0.6 is 11.3 Å². The number of amides is 1. The van der Waals surface area contributed by atoms with Crippen molar-refractivity contribution in [3.05, 3.63) is 46.7 Å². The highest BCUT2D eigenvalue weighted by Crippen LogP contribution is 2.10. The van der Waals surface area contributed by atoms with Gasteiger partial charge in [0, 0.05) is 24.5 Å². The second-order valence-corrected chi connectivity index (χ2v) is 5.01. The fraction of sp³-hybridized carbons (Fsp3) is 0.154. The number of thiazole rings is 1. The highest BCUT2D eigenvalue weighted by Gasteiger charge is 2.10. The number of hydrogen-bond acceptors (Lipinski definition) is 4. The van der Waals surface area contributed by atoms with Gasteiger partial charge < -0.3 is 10.3 Å². The fourth-order valence-electron chi connectivity index (χ4n) is 1.80. The lowest BCUT2D eigenvalue weighted by Crippen LogP contribution is -2.26. The van der Waals surface area contributed by atoms with Crippen LogP contribution in [0.4, 0.5) is 0 Å². The van der Waals surface area contributed by atoms with Crippen LogP contribution in [0.5, 0.6) is 0 Å². The van der Waals surface area contributed by atoms with Crippen molar-refractivity contribution >= 4 is 28.3 Å². The number of H-pyrrole nitrogens is 1. The Labute approximate surface area is 113 Å². The van der Waals surface area contributed by atoms with Crippen molar-refractivity contribution in [2.45, 2.75) is 6.42 Å². The summed E-state index contributed by atoms with van der Waals surface area (Å²) in [4.78, 5) is 23.3. The lowest BCUT2D eigenvalue weighted by Gasteiger charge is -2.00. The maximum absolute atomic E-state index is 11.9. The standard InChI is InChI=1S/C13H12N4OS/c18-13(15-6-5-11-14-7-8-19-11)12-16-9-3-1-2-4-10(9)17-12/h1-4,7-8H,5-6H2,(H,15,18)(H,16,17). The van der Waals surface area contributed by atoms with Gasteiger partial charge in [-0.25, -0.2) is 9.97 Å². The van der Waals surface area contributed by atoms with Crippen LogP contribution in [0.15, 0.2) is 35.8 Å². The summed E-state index contributed by atoms with van der Waals surface area (Å²) in [6.07, 6.45) is 2.50. The minimum absolute atomic E-state index is 0.187. The predicted molar refractivity (Wildman–Crippen MR) is 74.2 cm³/mol. The number of rotatable bonds is 4. The van der Waals surface area contributed by atoms with Gasteiger partial charge >= 0.3 is 0 Å². The zero-order chi connectivity index (χ0) is 13.1. The van der Waals surface area contributed by atoms with Crippen LogP contribution in [0.2, 0.25) is 0 Å². The number of imidazole rings is 1. The minimum Gasteiger partial charge on any atom is -0.349 e. The number of carbonyl (C=O) groups excluding carboxylic acids is 1. The molecule has 2 heterocycles. The van der Waals surface area contributed by atoms with Gasteiger partial charge in [-0.1, -0.05) is 12.1 Å². The molecule has 96 valence electrons. The molecule has 2 N–H and O–H groups in total. The van der Waals surface area contributed by atoms with Gasteiger partial charge in [-0.3, -0.25) is 4.79 Å². The van der Waals surface area contributed by atoms with E-state index in [-0.39, 0.29) is 5.91 Å². The van der Waals surface area contributed by atoms with E-state index in [1.807, 2.05) is 29.6 Å². The van der Waals surface area contributed by atoms with Crippen LogP contribution < -0.4 is 5.32 Å². The molecule has 0 bridgehead atoms. The molecule has 0 unspecified atom stereocenters. The number of benzene rings is 1. The number of aromatic nitrogens is 3. The lowest BCUT2D eigenvalue weighted by atomic mass is 10.3. The van der Waals surface area contributed by atoms with Crippen molar-refractivity contribution in [3.8, 4) is 0 Å². The van der Waals surface area contributed by atoms with E-state index in [0.717, 1.165) is 22.5 Å². The molecule has 2 aromatic heterocycles. The van der Waals surface area contributed by atoms with Gasteiger partial charge in [0.15, 0.2) is 5.82 Å². The molecule has 3 aromatic rings. The van der Waals surface area contributed by atoms with E-state index in [0.29, 0.717) is 12.4 Å². The summed E-state index contributed by atoms with van der Waals surface area (Å²) in [7, 11) is 0. The normalized spacial score (nSPS) is 10.7. The molecule has 6 heteroatoms. The van der Waals surface area contributed by atoms with Crippen molar-refractivity contribution in [1.29, 1.82) is 0 Å². The van der Waals surface area contributed by atoms with E-state index in [9.17, 15) is 4.79 Å². The molecule has 0 radical (unpaired) electrons. The number of nitrogens with zero attached hydrogens (tertiary/aromatic N) is 2. The first kappa shape index (κ1) is 11.9. The average molecular weight is 272 g/mol. The third-order valence-corrected chi connectivity index (χ3v) is 3.55. The number of aromatic amines is 1. The Bertz CT molecular complexity index is 657. The summed E-state index contributed by atoms with van der Waals surface area (Å²) in [5, 5.41) is 5.78. The molecule has 3 rings (SSSR count). The summed E-state index contributed by atoms with van der Waals surface area (Å²) >= 11 is 1.59. The highest BCUT2D eigenvalue weighted by molar-refractivity contribution is 7.09. The van der Waals surface area contributed by atoms with E-state index >= 15 is 0 Å². The van der Waals surface area contributed by atoms with Crippen LogP contribution in [0.3, 0.4) is 0 Å². The summed E-state index contributed by atoms with van der Waals surface area (Å²) in [5.74, 6) is 0.160. The monoisotopic (exact) mass is 272 g/mol. The third-order valence-electron chi connectivity index (χ3n) is 2.71. The Morgan fingerprint density at radius 1 is 1.37 bits per heavy atom. The van der Waals surface area contributed by atoms with Crippen LogP contribution in [-0.4, -0.2) is 27.4 Å². The summed E-state index contributed by atoms with van der Waals surface area (Å²) < 4.78 is 0. The van der Waals surface area contributed by atoms with Crippen molar-refractivity contribution in [1.82, 2.24) is 20.3 Å². The largest absolute Gasteiger partial charge is 0.349 e. The van der Waals surface area contributed by atoms with E-state index in [1.54, 1.807) is 17.5 Å². The SMILES string of the molecule is O=C(NCCc1nccs1)c1nc2ccccc2[nH]1. The van der Waals surface area contributed by atoms with Gasteiger partial charge in [-0.15, -0.1) is 11.3 Å². The summed E-state index contributed by atoms with van der Waals surface area (Å²) in [6, 6.07) is 7.57. The molecule has 19 heavy (non-hydrogen) atoms. The number of hydrogen-bond donors (Lipinski definition) is 2. The Hall–Kier alpha value is -2.21. The van der Waals surface area contributed by atoms with Crippen LogP contribution in [0.1, 0.15) is 15.6 Å². The minimum atomic E-state index is -0.187. The van der Waals surface area contributed by atoms with Gasteiger partial charge in [-0.2, -0.15) is 0 Å². The predicted octanol–water partition coefficient (Wildman–Crippen LogP) is 1.99.